The van der Waals surface area contributed by atoms with Gasteiger partial charge in [0.25, 0.3) is 0 Å². The van der Waals surface area contributed by atoms with E-state index in [0.29, 0.717) is 11.5 Å². The summed E-state index contributed by atoms with van der Waals surface area (Å²) in [6, 6.07) is 14.7. The van der Waals surface area contributed by atoms with Crippen molar-refractivity contribution in [3.63, 3.8) is 0 Å². The SMILES string of the molecule is O=C(OC(=O)[C@H]1O[C@@H](O)[C@H](O)[C@@H](O)[C@@H]1O)c1cccc(Oc2ccccc2)c1. The van der Waals surface area contributed by atoms with E-state index in [1.54, 1.807) is 30.3 Å². The van der Waals surface area contributed by atoms with Gasteiger partial charge in [0.1, 0.15) is 29.8 Å². The lowest BCUT2D eigenvalue weighted by Crippen LogP contribution is -2.60. The van der Waals surface area contributed by atoms with Gasteiger partial charge in [-0.25, -0.2) is 9.59 Å². The van der Waals surface area contributed by atoms with Gasteiger partial charge in [0.2, 0.25) is 0 Å². The van der Waals surface area contributed by atoms with Gasteiger partial charge < -0.3 is 34.6 Å². The molecular weight excluding hydrogens is 372 g/mol. The van der Waals surface area contributed by atoms with Crippen LogP contribution in [0.2, 0.25) is 0 Å². The van der Waals surface area contributed by atoms with Gasteiger partial charge in [-0.2, -0.15) is 0 Å². The zero-order chi connectivity index (χ0) is 20.3. The average Bonchev–Trinajstić information content (AvgIpc) is 2.70. The number of esters is 2. The second kappa shape index (κ2) is 8.46. The third-order valence-corrected chi connectivity index (χ3v) is 4.06. The van der Waals surface area contributed by atoms with E-state index in [4.69, 9.17) is 9.47 Å². The Morgan fingerprint density at radius 1 is 0.821 bits per heavy atom. The Labute approximate surface area is 159 Å². The molecule has 0 aliphatic carbocycles. The third-order valence-electron chi connectivity index (χ3n) is 4.06. The Morgan fingerprint density at radius 3 is 2.21 bits per heavy atom. The quantitative estimate of drug-likeness (QED) is 0.418. The number of aliphatic hydroxyl groups excluding tert-OH is 4. The lowest BCUT2D eigenvalue weighted by molar-refractivity contribution is -0.279. The molecule has 0 unspecified atom stereocenters. The summed E-state index contributed by atoms with van der Waals surface area (Å²) in [6.45, 7) is 0. The van der Waals surface area contributed by atoms with E-state index in [9.17, 15) is 30.0 Å². The van der Waals surface area contributed by atoms with E-state index < -0.39 is 42.6 Å². The van der Waals surface area contributed by atoms with Crippen molar-refractivity contribution in [2.24, 2.45) is 0 Å². The second-order valence-electron chi connectivity index (χ2n) is 6.07. The summed E-state index contributed by atoms with van der Waals surface area (Å²) < 4.78 is 15.0. The summed E-state index contributed by atoms with van der Waals surface area (Å²) in [4.78, 5) is 24.3. The standard InChI is InChI=1S/C19H18O9/c20-13-14(21)16(27-18(24)15(13)22)19(25)28-17(23)10-5-4-8-12(9-10)26-11-6-2-1-3-7-11/h1-9,13-16,18,20-22,24H/t13-,14-,15+,16-,18+/m0/s1. The van der Waals surface area contributed by atoms with Crippen LogP contribution in [0.25, 0.3) is 0 Å². The Morgan fingerprint density at radius 2 is 1.50 bits per heavy atom. The third kappa shape index (κ3) is 4.35. The molecule has 0 amide bonds. The van der Waals surface area contributed by atoms with E-state index in [2.05, 4.69) is 4.74 Å². The van der Waals surface area contributed by atoms with E-state index in [1.807, 2.05) is 6.07 Å². The monoisotopic (exact) mass is 390 g/mol. The van der Waals surface area contributed by atoms with Crippen LogP contribution in [0.5, 0.6) is 11.5 Å². The zero-order valence-corrected chi connectivity index (χ0v) is 14.4. The molecule has 1 heterocycles. The summed E-state index contributed by atoms with van der Waals surface area (Å²) >= 11 is 0. The number of hydrogen-bond donors (Lipinski definition) is 4. The van der Waals surface area contributed by atoms with Gasteiger partial charge in [-0.1, -0.05) is 24.3 Å². The highest BCUT2D eigenvalue weighted by molar-refractivity contribution is 5.98. The van der Waals surface area contributed by atoms with Crippen molar-refractivity contribution in [3.05, 3.63) is 60.2 Å². The average molecular weight is 390 g/mol. The highest BCUT2D eigenvalue weighted by Crippen LogP contribution is 2.24. The van der Waals surface area contributed by atoms with Crippen molar-refractivity contribution >= 4 is 11.9 Å². The minimum Gasteiger partial charge on any atom is -0.457 e. The minimum absolute atomic E-state index is 0.00629. The van der Waals surface area contributed by atoms with Crippen molar-refractivity contribution in [3.8, 4) is 11.5 Å². The number of rotatable bonds is 4. The van der Waals surface area contributed by atoms with Gasteiger partial charge in [-0.3, -0.25) is 0 Å². The molecule has 0 spiro atoms. The van der Waals surface area contributed by atoms with Crippen molar-refractivity contribution in [1.82, 2.24) is 0 Å². The van der Waals surface area contributed by atoms with Crippen LogP contribution in [0.4, 0.5) is 0 Å². The second-order valence-corrected chi connectivity index (χ2v) is 6.07. The van der Waals surface area contributed by atoms with Gasteiger partial charge >= 0.3 is 11.9 Å². The maximum absolute atomic E-state index is 12.2. The van der Waals surface area contributed by atoms with Crippen LogP contribution in [0.1, 0.15) is 10.4 Å². The number of para-hydroxylation sites is 1. The summed E-state index contributed by atoms with van der Waals surface area (Å²) in [6.07, 6.45) is -9.30. The molecule has 148 valence electrons. The molecule has 4 N–H and O–H groups in total. The number of carbonyl (C=O) groups is 2. The lowest BCUT2D eigenvalue weighted by Gasteiger charge is -2.36. The molecule has 1 fully saturated rings. The number of carbonyl (C=O) groups excluding carboxylic acids is 2. The first-order valence-electron chi connectivity index (χ1n) is 8.33. The van der Waals surface area contributed by atoms with Crippen LogP contribution < -0.4 is 4.74 Å². The Balaban J connectivity index is 1.67. The van der Waals surface area contributed by atoms with E-state index in [0.717, 1.165) is 0 Å². The van der Waals surface area contributed by atoms with Crippen molar-refractivity contribution in [1.29, 1.82) is 0 Å². The summed E-state index contributed by atoms with van der Waals surface area (Å²) in [7, 11) is 0. The molecule has 9 nitrogen and oxygen atoms in total. The molecule has 2 aromatic carbocycles. The van der Waals surface area contributed by atoms with Crippen LogP contribution >= 0.6 is 0 Å². The highest BCUT2D eigenvalue weighted by Gasteiger charge is 2.47. The molecule has 0 radical (unpaired) electrons. The first-order valence-corrected chi connectivity index (χ1v) is 8.33. The fourth-order valence-electron chi connectivity index (χ4n) is 2.58. The number of ether oxygens (including phenoxy) is 3. The molecule has 2 aromatic rings. The maximum Gasteiger partial charge on any atom is 0.346 e. The van der Waals surface area contributed by atoms with Crippen LogP contribution in [-0.2, 0) is 14.3 Å². The summed E-state index contributed by atoms with van der Waals surface area (Å²) in [5.41, 5.74) is -0.00629. The largest absolute Gasteiger partial charge is 0.457 e. The fourth-order valence-corrected chi connectivity index (χ4v) is 2.58. The van der Waals surface area contributed by atoms with E-state index >= 15 is 0 Å². The molecule has 9 heteroatoms. The van der Waals surface area contributed by atoms with Crippen LogP contribution in [0.3, 0.4) is 0 Å². The first kappa shape index (κ1) is 19.9. The molecule has 1 aliphatic heterocycles. The van der Waals surface area contributed by atoms with Crippen LogP contribution in [-0.4, -0.2) is 63.1 Å². The fraction of sp³-hybridized carbons (Fsp3) is 0.263. The zero-order valence-electron chi connectivity index (χ0n) is 14.4. The van der Waals surface area contributed by atoms with E-state index in [1.165, 1.54) is 18.2 Å². The Hall–Kier alpha value is -2.82. The summed E-state index contributed by atoms with van der Waals surface area (Å²) in [5.74, 6) is -1.49. The molecule has 3 rings (SSSR count). The molecule has 5 atom stereocenters. The smallest absolute Gasteiger partial charge is 0.346 e. The predicted octanol–water partition coefficient (Wildman–Crippen LogP) is -0.0378. The van der Waals surface area contributed by atoms with Gasteiger partial charge in [-0.15, -0.1) is 0 Å². The normalized spacial score (nSPS) is 27.1. The molecule has 0 bridgehead atoms. The predicted molar refractivity (Wildman–Crippen MR) is 92.3 cm³/mol. The maximum atomic E-state index is 12.2. The van der Waals surface area contributed by atoms with Crippen molar-refractivity contribution in [2.75, 3.05) is 0 Å². The number of aliphatic hydroxyl groups is 4. The van der Waals surface area contributed by atoms with Crippen LogP contribution in [0.15, 0.2) is 54.6 Å². The van der Waals surface area contributed by atoms with Crippen molar-refractivity contribution in [2.45, 2.75) is 30.7 Å². The molecule has 1 saturated heterocycles. The van der Waals surface area contributed by atoms with Gasteiger partial charge in [-0.05, 0) is 30.3 Å². The lowest BCUT2D eigenvalue weighted by atomic mass is 9.99. The van der Waals surface area contributed by atoms with E-state index in [-0.39, 0.29) is 5.56 Å². The first-order chi connectivity index (χ1) is 13.4. The van der Waals surface area contributed by atoms with Gasteiger partial charge in [0, 0.05) is 0 Å². The topological polar surface area (TPSA) is 143 Å². The van der Waals surface area contributed by atoms with Gasteiger partial charge in [0.15, 0.2) is 12.4 Å². The summed E-state index contributed by atoms with van der Waals surface area (Å²) in [5, 5.41) is 38.3. The molecule has 0 aromatic heterocycles. The number of benzene rings is 2. The Bertz CT molecular complexity index is 838. The van der Waals surface area contributed by atoms with Crippen LogP contribution in [0, 0.1) is 0 Å². The molecule has 1 aliphatic rings. The number of hydrogen-bond acceptors (Lipinski definition) is 9. The molecule has 0 saturated carbocycles. The minimum atomic E-state index is -1.92. The molecule has 28 heavy (non-hydrogen) atoms. The molecular formula is C19H18O9. The highest BCUT2D eigenvalue weighted by atomic mass is 16.7. The van der Waals surface area contributed by atoms with Crippen molar-refractivity contribution < 1.29 is 44.2 Å². The Kier molecular flexibility index (Phi) is 6.02. The van der Waals surface area contributed by atoms with Gasteiger partial charge in [0.05, 0.1) is 5.56 Å².